The predicted octanol–water partition coefficient (Wildman–Crippen LogP) is 3.69. The lowest BCUT2D eigenvalue weighted by Gasteiger charge is -2.13. The summed E-state index contributed by atoms with van der Waals surface area (Å²) < 4.78 is 12.4. The Bertz CT molecular complexity index is 1310. The van der Waals surface area contributed by atoms with Crippen molar-refractivity contribution in [1.29, 1.82) is 0 Å². The van der Waals surface area contributed by atoms with E-state index in [0.29, 0.717) is 48.0 Å². The molecule has 0 fully saturated rings. The number of hydrogen-bond acceptors (Lipinski definition) is 7. The Kier molecular flexibility index (Phi) is 7.09. The van der Waals surface area contributed by atoms with Gasteiger partial charge in [0.15, 0.2) is 5.82 Å². The first kappa shape index (κ1) is 23.7. The maximum absolute atomic E-state index is 12.0. The number of esters is 1. The summed E-state index contributed by atoms with van der Waals surface area (Å²) in [5.74, 6) is 0.793. The molecule has 3 N–H and O–H groups in total. The highest BCUT2D eigenvalue weighted by Crippen LogP contribution is 2.30. The van der Waals surface area contributed by atoms with Crippen LogP contribution in [0.15, 0.2) is 42.5 Å². The molecule has 0 radical (unpaired) electrons. The zero-order valence-electron chi connectivity index (χ0n) is 20.1. The number of fused-ring (bicyclic) bond motifs is 3. The molecule has 0 amide bonds. The number of carbonyl (C=O) groups excluding carboxylic acids is 1. The summed E-state index contributed by atoms with van der Waals surface area (Å²) in [4.78, 5) is 21.4. The van der Waals surface area contributed by atoms with Gasteiger partial charge >= 0.3 is 5.97 Å². The summed E-state index contributed by atoms with van der Waals surface area (Å²) in [6, 6.07) is 14.4. The van der Waals surface area contributed by atoms with Crippen molar-refractivity contribution in [3.05, 3.63) is 65.0 Å². The van der Waals surface area contributed by atoms with Crippen LogP contribution in [0.5, 0.6) is 0 Å². The Balaban J connectivity index is 1.80. The van der Waals surface area contributed by atoms with E-state index in [9.17, 15) is 4.79 Å². The molecule has 0 spiro atoms. The Labute approximate surface area is 199 Å². The lowest BCUT2D eigenvalue weighted by Crippen LogP contribution is -2.21. The van der Waals surface area contributed by atoms with Crippen LogP contribution in [0.3, 0.4) is 0 Å². The molecular formula is C26H31N5O3. The zero-order valence-corrected chi connectivity index (χ0v) is 20.1. The van der Waals surface area contributed by atoms with Gasteiger partial charge in [0.1, 0.15) is 11.3 Å². The average molecular weight is 462 g/mol. The fourth-order valence-corrected chi connectivity index (χ4v) is 4.02. The van der Waals surface area contributed by atoms with E-state index in [1.165, 1.54) is 12.7 Å². The second-order valence-corrected chi connectivity index (χ2v) is 8.63. The van der Waals surface area contributed by atoms with Crippen LogP contribution in [0.1, 0.15) is 41.2 Å². The number of rotatable bonds is 9. The quantitative estimate of drug-likeness (QED) is 0.366. The van der Waals surface area contributed by atoms with Crippen LogP contribution in [-0.4, -0.2) is 47.4 Å². The molecule has 4 aromatic rings. The van der Waals surface area contributed by atoms with Crippen molar-refractivity contribution >= 4 is 33.7 Å². The smallest absolute Gasteiger partial charge is 0.337 e. The summed E-state index contributed by atoms with van der Waals surface area (Å²) in [5.41, 5.74) is 11.3. The van der Waals surface area contributed by atoms with Crippen LogP contribution in [0.2, 0.25) is 0 Å². The van der Waals surface area contributed by atoms with Gasteiger partial charge in [0.2, 0.25) is 0 Å². The first-order valence-electron chi connectivity index (χ1n) is 11.4. The van der Waals surface area contributed by atoms with E-state index >= 15 is 0 Å². The number of methoxy groups -OCH3 is 2. The number of benzene rings is 2. The number of anilines is 1. The van der Waals surface area contributed by atoms with Gasteiger partial charge in [-0.2, -0.15) is 0 Å². The number of imidazole rings is 1. The van der Waals surface area contributed by atoms with Gasteiger partial charge in [0.25, 0.3) is 0 Å². The van der Waals surface area contributed by atoms with Gasteiger partial charge in [-0.3, -0.25) is 0 Å². The van der Waals surface area contributed by atoms with Gasteiger partial charge in [-0.05, 0) is 29.3 Å². The van der Waals surface area contributed by atoms with Crippen molar-refractivity contribution < 1.29 is 14.3 Å². The van der Waals surface area contributed by atoms with Crippen molar-refractivity contribution in [2.75, 3.05) is 26.6 Å². The van der Waals surface area contributed by atoms with Crippen molar-refractivity contribution in [3.63, 3.8) is 0 Å². The van der Waals surface area contributed by atoms with E-state index < -0.39 is 5.97 Å². The Morgan fingerprint density at radius 3 is 2.50 bits per heavy atom. The molecule has 0 aliphatic carbocycles. The van der Waals surface area contributed by atoms with Gasteiger partial charge in [0.05, 0.1) is 30.3 Å². The van der Waals surface area contributed by atoms with Crippen LogP contribution in [0, 0.1) is 0 Å². The molecule has 2 aromatic carbocycles. The van der Waals surface area contributed by atoms with Crippen molar-refractivity contribution in [2.24, 2.45) is 0 Å². The molecular weight excluding hydrogens is 430 g/mol. The van der Waals surface area contributed by atoms with Gasteiger partial charge in [-0.15, -0.1) is 0 Å². The van der Waals surface area contributed by atoms with Crippen LogP contribution in [0.25, 0.3) is 21.9 Å². The summed E-state index contributed by atoms with van der Waals surface area (Å²) in [5, 5.41) is 4.32. The monoisotopic (exact) mass is 461 g/mol. The first-order valence-corrected chi connectivity index (χ1v) is 11.4. The number of nitrogens with one attached hydrogen (secondary N) is 1. The summed E-state index contributed by atoms with van der Waals surface area (Å²) in [7, 11) is 3.04. The molecule has 178 valence electrons. The van der Waals surface area contributed by atoms with Crippen LogP contribution in [0.4, 0.5) is 5.82 Å². The predicted molar refractivity (Wildman–Crippen MR) is 134 cm³/mol. The number of carbonyl (C=O) groups is 1. The molecule has 0 aliphatic heterocycles. The highest BCUT2D eigenvalue weighted by Gasteiger charge is 2.19. The second kappa shape index (κ2) is 10.2. The van der Waals surface area contributed by atoms with E-state index in [4.69, 9.17) is 20.2 Å². The van der Waals surface area contributed by atoms with Crippen LogP contribution < -0.4 is 11.1 Å². The number of aromatic nitrogens is 3. The number of pyridine rings is 1. The molecule has 0 saturated heterocycles. The molecule has 0 aliphatic rings. The van der Waals surface area contributed by atoms with E-state index in [1.807, 2.05) is 6.07 Å². The minimum atomic E-state index is -0.413. The number of ether oxygens (including phenoxy) is 2. The van der Waals surface area contributed by atoms with Gasteiger partial charge in [-0.1, -0.05) is 38.1 Å². The fraction of sp³-hybridized carbons (Fsp3) is 0.346. The molecule has 0 unspecified atom stereocenters. The highest BCUT2D eigenvalue weighted by atomic mass is 16.5. The molecule has 2 aromatic heterocycles. The normalized spacial score (nSPS) is 11.6. The van der Waals surface area contributed by atoms with Crippen molar-refractivity contribution in [1.82, 2.24) is 19.9 Å². The van der Waals surface area contributed by atoms with Crippen LogP contribution in [-0.2, 0) is 29.0 Å². The molecule has 2 heterocycles. The molecule has 8 heteroatoms. The molecule has 4 rings (SSSR count). The third kappa shape index (κ3) is 4.88. The Morgan fingerprint density at radius 2 is 1.82 bits per heavy atom. The first-order chi connectivity index (χ1) is 16.4. The van der Waals surface area contributed by atoms with E-state index in [2.05, 4.69) is 53.0 Å². The van der Waals surface area contributed by atoms with Crippen molar-refractivity contribution in [3.8, 4) is 0 Å². The minimum absolute atomic E-state index is 0.331. The van der Waals surface area contributed by atoms with Crippen LogP contribution >= 0.6 is 0 Å². The fourth-order valence-electron chi connectivity index (χ4n) is 4.02. The molecule has 0 saturated carbocycles. The molecule has 34 heavy (non-hydrogen) atoms. The Hall–Kier alpha value is -3.49. The Morgan fingerprint density at radius 1 is 1.09 bits per heavy atom. The third-order valence-electron chi connectivity index (χ3n) is 5.81. The van der Waals surface area contributed by atoms with E-state index in [-0.39, 0.29) is 0 Å². The SMILES string of the molecule is COCCc1nc2c(N)nc3cc(C(=O)OC)ccc3c2n1Cc1ccc(CNC(C)C)cc1. The molecule has 8 nitrogen and oxygen atoms in total. The van der Waals surface area contributed by atoms with Crippen molar-refractivity contribution in [2.45, 2.75) is 39.4 Å². The summed E-state index contributed by atoms with van der Waals surface area (Å²) >= 11 is 0. The second-order valence-electron chi connectivity index (χ2n) is 8.63. The van der Waals surface area contributed by atoms with Gasteiger partial charge < -0.3 is 25.1 Å². The number of hydrogen-bond donors (Lipinski definition) is 2. The highest BCUT2D eigenvalue weighted by molar-refractivity contribution is 6.08. The lowest BCUT2D eigenvalue weighted by atomic mass is 10.1. The number of nitrogen functional groups attached to an aromatic ring is 1. The summed E-state index contributed by atoms with van der Waals surface area (Å²) in [6.45, 7) is 6.28. The number of nitrogens with two attached hydrogens (primary N) is 1. The standard InChI is InChI=1S/C26H31N5O3/c1-16(2)28-14-17-5-7-18(8-6-17)15-31-22(11-12-33-3)30-23-24(31)20-10-9-19(26(32)34-4)13-21(20)29-25(23)27/h5-10,13,16,28H,11-12,14-15H2,1-4H3,(H2,27,29). The maximum atomic E-state index is 12.0. The lowest BCUT2D eigenvalue weighted by molar-refractivity contribution is 0.0601. The summed E-state index contributed by atoms with van der Waals surface area (Å²) in [6.07, 6.45) is 0.642. The maximum Gasteiger partial charge on any atom is 0.337 e. The topological polar surface area (TPSA) is 104 Å². The number of nitrogens with zero attached hydrogens (tertiary/aromatic N) is 3. The molecule has 0 bridgehead atoms. The van der Waals surface area contributed by atoms with E-state index in [0.717, 1.165) is 28.8 Å². The van der Waals surface area contributed by atoms with Gasteiger partial charge in [-0.25, -0.2) is 14.8 Å². The van der Waals surface area contributed by atoms with Gasteiger partial charge in [0, 0.05) is 38.0 Å². The average Bonchev–Trinajstić information content (AvgIpc) is 3.20. The third-order valence-corrected chi connectivity index (χ3v) is 5.81. The molecule has 0 atom stereocenters. The van der Waals surface area contributed by atoms with E-state index in [1.54, 1.807) is 19.2 Å². The zero-order chi connectivity index (χ0) is 24.2. The minimum Gasteiger partial charge on any atom is -0.465 e. The largest absolute Gasteiger partial charge is 0.465 e.